The Bertz CT molecular complexity index is 1360. The fourth-order valence-electron chi connectivity index (χ4n) is 3.91. The lowest BCUT2D eigenvalue weighted by atomic mass is 10.2. The number of benzene rings is 2. The van der Waals surface area contributed by atoms with Gasteiger partial charge in [0.15, 0.2) is 16.3 Å². The molecule has 9 heteroatoms. The number of aromatic nitrogens is 1. The number of hydrogen-bond acceptors (Lipinski definition) is 7. The Morgan fingerprint density at radius 1 is 1.15 bits per heavy atom. The molecule has 5 rings (SSSR count). The molecule has 1 fully saturated rings. The van der Waals surface area contributed by atoms with Crippen LogP contribution in [0.4, 0.5) is 5.13 Å². The smallest absolute Gasteiger partial charge is 0.295 e. The van der Waals surface area contributed by atoms with Crippen LogP contribution < -0.4 is 10.3 Å². The maximum absolute atomic E-state index is 13.6. The average Bonchev–Trinajstić information content (AvgIpc) is 3.25. The van der Waals surface area contributed by atoms with E-state index in [1.807, 2.05) is 12.1 Å². The van der Waals surface area contributed by atoms with Gasteiger partial charge in [0.25, 0.3) is 5.91 Å². The van der Waals surface area contributed by atoms with E-state index in [0.717, 1.165) is 49.5 Å². The zero-order valence-electron chi connectivity index (χ0n) is 17.8. The fraction of sp³-hybridized carbons (Fsp3) is 0.292. The Morgan fingerprint density at radius 3 is 2.82 bits per heavy atom. The van der Waals surface area contributed by atoms with Crippen LogP contribution in [0.25, 0.3) is 21.2 Å². The van der Waals surface area contributed by atoms with E-state index in [4.69, 9.17) is 20.8 Å². The summed E-state index contributed by atoms with van der Waals surface area (Å²) in [6.07, 6.45) is 0.750. The van der Waals surface area contributed by atoms with Crippen molar-refractivity contribution in [3.8, 4) is 0 Å². The molecular formula is C24H22ClN3O4S. The summed E-state index contributed by atoms with van der Waals surface area (Å²) in [5.74, 6) is -0.382. The molecule has 0 radical (unpaired) electrons. The van der Waals surface area contributed by atoms with E-state index in [-0.39, 0.29) is 17.1 Å². The summed E-state index contributed by atoms with van der Waals surface area (Å²) in [7, 11) is 0. The number of carbonyl (C=O) groups excluding carboxylic acids is 1. The van der Waals surface area contributed by atoms with E-state index in [2.05, 4.69) is 9.88 Å². The topological polar surface area (TPSA) is 75.9 Å². The quantitative estimate of drug-likeness (QED) is 0.404. The van der Waals surface area contributed by atoms with Crippen LogP contribution in [0.1, 0.15) is 17.0 Å². The lowest BCUT2D eigenvalue weighted by Gasteiger charge is -2.27. The molecule has 7 nitrogen and oxygen atoms in total. The van der Waals surface area contributed by atoms with Gasteiger partial charge in [-0.1, -0.05) is 35.1 Å². The molecule has 4 aromatic rings. The number of hydrogen-bond donors (Lipinski definition) is 0. The first-order valence-corrected chi connectivity index (χ1v) is 12.0. The van der Waals surface area contributed by atoms with E-state index in [0.29, 0.717) is 27.7 Å². The second kappa shape index (κ2) is 9.61. The highest BCUT2D eigenvalue weighted by Crippen LogP contribution is 2.32. The fourth-order valence-corrected chi connectivity index (χ4v) is 5.17. The molecule has 2 aromatic carbocycles. The second-order valence-electron chi connectivity index (χ2n) is 7.84. The number of morpholine rings is 1. The van der Waals surface area contributed by atoms with Crippen molar-refractivity contribution >= 4 is 55.2 Å². The molecule has 0 bridgehead atoms. The summed E-state index contributed by atoms with van der Waals surface area (Å²) in [6, 6.07) is 13.6. The van der Waals surface area contributed by atoms with Crippen molar-refractivity contribution in [1.29, 1.82) is 0 Å². The van der Waals surface area contributed by atoms with Gasteiger partial charge in [0.05, 0.1) is 28.8 Å². The van der Waals surface area contributed by atoms with Gasteiger partial charge in [0, 0.05) is 37.3 Å². The van der Waals surface area contributed by atoms with E-state index >= 15 is 0 Å². The van der Waals surface area contributed by atoms with Crippen molar-refractivity contribution < 1.29 is 13.9 Å². The highest BCUT2D eigenvalue weighted by Gasteiger charge is 2.24. The molecule has 1 aliphatic rings. The molecule has 2 aromatic heterocycles. The Kier molecular flexibility index (Phi) is 6.41. The van der Waals surface area contributed by atoms with Gasteiger partial charge in [-0.25, -0.2) is 4.98 Å². The van der Waals surface area contributed by atoms with E-state index in [1.165, 1.54) is 17.4 Å². The number of anilines is 1. The zero-order chi connectivity index (χ0) is 22.8. The number of ether oxygens (including phenoxy) is 1. The number of halogens is 1. The number of thiazole rings is 1. The first-order valence-electron chi connectivity index (χ1n) is 10.8. The third kappa shape index (κ3) is 4.79. The first-order chi connectivity index (χ1) is 16.1. The molecule has 3 heterocycles. The molecule has 0 atom stereocenters. The van der Waals surface area contributed by atoms with Gasteiger partial charge in [0.2, 0.25) is 0 Å². The number of rotatable bonds is 6. The summed E-state index contributed by atoms with van der Waals surface area (Å²) in [5, 5.41) is 1.61. The molecule has 1 saturated heterocycles. The van der Waals surface area contributed by atoms with Crippen LogP contribution in [-0.4, -0.2) is 55.2 Å². The molecule has 170 valence electrons. The van der Waals surface area contributed by atoms with E-state index in [1.54, 1.807) is 35.2 Å². The predicted octanol–water partition coefficient (Wildman–Crippen LogP) is 4.43. The summed E-state index contributed by atoms with van der Waals surface area (Å²) in [4.78, 5) is 34.7. The Morgan fingerprint density at radius 2 is 1.97 bits per heavy atom. The minimum absolute atomic E-state index is 0.00219. The van der Waals surface area contributed by atoms with Crippen molar-refractivity contribution in [2.45, 2.75) is 6.42 Å². The number of amides is 1. The molecule has 0 aliphatic carbocycles. The monoisotopic (exact) mass is 483 g/mol. The summed E-state index contributed by atoms with van der Waals surface area (Å²) in [6.45, 7) is 4.50. The molecule has 0 N–H and O–H groups in total. The third-order valence-corrected chi connectivity index (χ3v) is 6.90. The zero-order valence-corrected chi connectivity index (χ0v) is 19.4. The summed E-state index contributed by atoms with van der Waals surface area (Å²) in [5.41, 5.74) is 0.910. The highest BCUT2D eigenvalue weighted by atomic mass is 35.5. The Balaban J connectivity index is 1.46. The van der Waals surface area contributed by atoms with Crippen LogP contribution >= 0.6 is 22.9 Å². The van der Waals surface area contributed by atoms with Gasteiger partial charge >= 0.3 is 0 Å². The molecule has 33 heavy (non-hydrogen) atoms. The SMILES string of the molecule is O=C(c1cc(=O)c2ccccc2o1)N(CCCN1CCOCC1)c1nc2ccc(Cl)cc2s1. The Hall–Kier alpha value is -2.78. The molecule has 0 spiro atoms. The van der Waals surface area contributed by atoms with Gasteiger partial charge < -0.3 is 9.15 Å². The number of para-hydroxylation sites is 1. The predicted molar refractivity (Wildman–Crippen MR) is 131 cm³/mol. The molecule has 1 aliphatic heterocycles. The van der Waals surface area contributed by atoms with E-state index < -0.39 is 0 Å². The van der Waals surface area contributed by atoms with Crippen LogP contribution in [0.5, 0.6) is 0 Å². The van der Waals surface area contributed by atoms with Crippen molar-refractivity contribution in [2.24, 2.45) is 0 Å². The lowest BCUT2D eigenvalue weighted by Crippen LogP contribution is -2.39. The van der Waals surface area contributed by atoms with E-state index in [9.17, 15) is 9.59 Å². The molecule has 1 amide bonds. The minimum Gasteiger partial charge on any atom is -0.451 e. The summed E-state index contributed by atoms with van der Waals surface area (Å²) < 4.78 is 12.1. The lowest BCUT2D eigenvalue weighted by molar-refractivity contribution is 0.0376. The molecule has 0 saturated carbocycles. The van der Waals surface area contributed by atoms with Gasteiger partial charge in [-0.3, -0.25) is 19.4 Å². The normalized spacial score (nSPS) is 14.7. The third-order valence-electron chi connectivity index (χ3n) is 5.62. The van der Waals surface area contributed by atoms with Gasteiger partial charge in [-0.2, -0.15) is 0 Å². The van der Waals surface area contributed by atoms with Crippen LogP contribution in [0.15, 0.2) is 57.7 Å². The Labute approximate surface area is 199 Å². The van der Waals surface area contributed by atoms with Crippen molar-refractivity contribution in [3.63, 3.8) is 0 Å². The number of carbonyl (C=O) groups is 1. The first kappa shape index (κ1) is 22.0. The second-order valence-corrected chi connectivity index (χ2v) is 9.29. The average molecular weight is 484 g/mol. The standard InChI is InChI=1S/C24H22ClN3O4S/c25-16-6-7-18-22(14-16)33-24(26-18)28(9-3-8-27-10-12-31-13-11-27)23(30)21-15-19(29)17-4-1-2-5-20(17)32-21/h1-2,4-7,14-15H,3,8-13H2. The van der Waals surface area contributed by atoms with Gasteiger partial charge in [-0.15, -0.1) is 0 Å². The van der Waals surface area contributed by atoms with Crippen LogP contribution in [-0.2, 0) is 4.74 Å². The van der Waals surface area contributed by atoms with Crippen molar-refractivity contribution in [3.05, 3.63) is 69.5 Å². The molecular weight excluding hydrogens is 462 g/mol. The summed E-state index contributed by atoms with van der Waals surface area (Å²) >= 11 is 7.53. The maximum Gasteiger partial charge on any atom is 0.295 e. The van der Waals surface area contributed by atoms with Crippen LogP contribution in [0.2, 0.25) is 5.02 Å². The maximum atomic E-state index is 13.6. The largest absolute Gasteiger partial charge is 0.451 e. The highest BCUT2D eigenvalue weighted by molar-refractivity contribution is 7.22. The van der Waals surface area contributed by atoms with Crippen molar-refractivity contribution in [2.75, 3.05) is 44.3 Å². The van der Waals surface area contributed by atoms with Crippen LogP contribution in [0, 0.1) is 0 Å². The van der Waals surface area contributed by atoms with Gasteiger partial charge in [0.1, 0.15) is 5.58 Å². The molecule has 0 unspecified atom stereocenters. The number of nitrogens with zero attached hydrogens (tertiary/aromatic N) is 3. The van der Waals surface area contributed by atoms with Gasteiger partial charge in [-0.05, 0) is 36.8 Å². The number of fused-ring (bicyclic) bond motifs is 2. The van der Waals surface area contributed by atoms with Crippen LogP contribution in [0.3, 0.4) is 0 Å². The minimum atomic E-state index is -0.384. The van der Waals surface area contributed by atoms with Crippen molar-refractivity contribution in [1.82, 2.24) is 9.88 Å².